The van der Waals surface area contributed by atoms with Gasteiger partial charge in [-0.2, -0.15) is 0 Å². The van der Waals surface area contributed by atoms with Gasteiger partial charge in [0.15, 0.2) is 17.5 Å². The molecule has 5 nitrogen and oxygen atoms in total. The van der Waals surface area contributed by atoms with Crippen molar-refractivity contribution in [2.45, 2.75) is 0 Å². The predicted octanol–water partition coefficient (Wildman–Crippen LogP) is 11.5. The lowest BCUT2D eigenvalue weighted by atomic mass is 10.0. The number of para-hydroxylation sites is 3. The normalized spacial score (nSPS) is 11.6. The quantitative estimate of drug-likeness (QED) is 0.188. The molecule has 0 saturated carbocycles. The van der Waals surface area contributed by atoms with Crippen LogP contribution in [0.2, 0.25) is 0 Å². The highest BCUT2D eigenvalue weighted by molar-refractivity contribution is 6.12. The monoisotopic (exact) mass is 640 g/mol. The van der Waals surface area contributed by atoms with Gasteiger partial charge in [-0.15, -0.1) is 0 Å². The van der Waals surface area contributed by atoms with E-state index in [9.17, 15) is 0 Å². The van der Waals surface area contributed by atoms with Crippen LogP contribution in [0.4, 0.5) is 0 Å². The van der Waals surface area contributed by atoms with Gasteiger partial charge in [0.2, 0.25) is 0 Å². The molecule has 0 N–H and O–H groups in total. The average molecular weight is 641 g/mol. The van der Waals surface area contributed by atoms with Gasteiger partial charge in [0.25, 0.3) is 0 Å². The van der Waals surface area contributed by atoms with E-state index >= 15 is 0 Å². The van der Waals surface area contributed by atoms with E-state index in [1.165, 1.54) is 10.8 Å². The third-order valence-corrected chi connectivity index (χ3v) is 9.47. The van der Waals surface area contributed by atoms with Gasteiger partial charge in [-0.25, -0.2) is 15.0 Å². The van der Waals surface area contributed by atoms with Crippen molar-refractivity contribution in [3.05, 3.63) is 170 Å². The minimum absolute atomic E-state index is 0.594. The molecule has 50 heavy (non-hydrogen) atoms. The summed E-state index contributed by atoms with van der Waals surface area (Å²) in [6, 6.07) is 58.6. The van der Waals surface area contributed by atoms with Gasteiger partial charge in [-0.3, -0.25) is 0 Å². The van der Waals surface area contributed by atoms with E-state index < -0.39 is 0 Å². The number of aromatic nitrogens is 4. The lowest BCUT2D eigenvalue weighted by molar-refractivity contribution is 0.669. The van der Waals surface area contributed by atoms with Crippen molar-refractivity contribution >= 4 is 43.7 Å². The summed E-state index contributed by atoms with van der Waals surface area (Å²) in [7, 11) is 0. The van der Waals surface area contributed by atoms with Crippen LogP contribution in [-0.2, 0) is 0 Å². The number of nitrogens with zero attached hydrogens (tertiary/aromatic N) is 4. The molecule has 0 amide bonds. The van der Waals surface area contributed by atoms with Crippen LogP contribution in [0.3, 0.4) is 0 Å². The summed E-state index contributed by atoms with van der Waals surface area (Å²) in [5.41, 5.74) is 9.94. The van der Waals surface area contributed by atoms with E-state index in [1.54, 1.807) is 0 Å². The molecule has 0 aliphatic carbocycles. The molecule has 0 atom stereocenters. The molecule has 3 aromatic heterocycles. The first kappa shape index (κ1) is 28.2. The Morgan fingerprint density at radius 2 is 0.940 bits per heavy atom. The zero-order chi connectivity index (χ0) is 33.0. The van der Waals surface area contributed by atoms with Crippen LogP contribution < -0.4 is 0 Å². The first-order chi connectivity index (χ1) is 24.8. The SMILES string of the molecule is c1ccc(-c2nc(-c3ccc(-c4ccccc4)c(-n4c5ccccc5c5ccccc54)c3)nc(-c3cccc4oc5ccccc5c34)n2)cc1. The molecular formula is C45H28N4O. The van der Waals surface area contributed by atoms with Crippen molar-refractivity contribution in [2.24, 2.45) is 0 Å². The minimum atomic E-state index is 0.594. The van der Waals surface area contributed by atoms with E-state index in [4.69, 9.17) is 19.4 Å². The first-order valence-electron chi connectivity index (χ1n) is 16.7. The number of furan rings is 1. The summed E-state index contributed by atoms with van der Waals surface area (Å²) in [6.07, 6.45) is 0. The molecule has 0 radical (unpaired) electrons. The lowest BCUT2D eigenvalue weighted by Crippen LogP contribution is -2.02. The second-order valence-corrected chi connectivity index (χ2v) is 12.4. The van der Waals surface area contributed by atoms with Gasteiger partial charge >= 0.3 is 0 Å². The molecule has 3 heterocycles. The summed E-state index contributed by atoms with van der Waals surface area (Å²) >= 11 is 0. The maximum Gasteiger partial charge on any atom is 0.164 e. The van der Waals surface area contributed by atoms with Crippen molar-refractivity contribution in [2.75, 3.05) is 0 Å². The number of rotatable bonds is 5. The van der Waals surface area contributed by atoms with Crippen LogP contribution in [0.5, 0.6) is 0 Å². The Kier molecular flexibility index (Phi) is 6.42. The molecule has 0 spiro atoms. The van der Waals surface area contributed by atoms with E-state index in [-0.39, 0.29) is 0 Å². The molecule has 7 aromatic carbocycles. The van der Waals surface area contributed by atoms with Crippen molar-refractivity contribution < 1.29 is 4.42 Å². The van der Waals surface area contributed by atoms with Gasteiger partial charge < -0.3 is 8.98 Å². The molecule has 0 aliphatic heterocycles. The zero-order valence-electron chi connectivity index (χ0n) is 26.9. The minimum Gasteiger partial charge on any atom is -0.456 e. The largest absolute Gasteiger partial charge is 0.456 e. The van der Waals surface area contributed by atoms with Crippen LogP contribution in [-0.4, -0.2) is 19.5 Å². The average Bonchev–Trinajstić information content (AvgIpc) is 3.74. The maximum absolute atomic E-state index is 6.25. The van der Waals surface area contributed by atoms with Crippen molar-refractivity contribution in [3.63, 3.8) is 0 Å². The van der Waals surface area contributed by atoms with Crippen molar-refractivity contribution in [1.29, 1.82) is 0 Å². The fraction of sp³-hybridized carbons (Fsp3) is 0. The highest BCUT2D eigenvalue weighted by Crippen LogP contribution is 2.39. The fourth-order valence-electron chi connectivity index (χ4n) is 7.20. The van der Waals surface area contributed by atoms with Gasteiger partial charge in [-0.05, 0) is 35.9 Å². The summed E-state index contributed by atoms with van der Waals surface area (Å²) < 4.78 is 8.62. The molecule has 0 unspecified atom stereocenters. The Morgan fingerprint density at radius 1 is 0.380 bits per heavy atom. The molecule has 0 aliphatic rings. The van der Waals surface area contributed by atoms with E-state index in [0.29, 0.717) is 17.5 Å². The summed E-state index contributed by atoms with van der Waals surface area (Å²) in [5, 5.41) is 4.44. The second kappa shape index (κ2) is 11.4. The fourth-order valence-corrected chi connectivity index (χ4v) is 7.20. The maximum atomic E-state index is 6.25. The number of fused-ring (bicyclic) bond motifs is 6. The van der Waals surface area contributed by atoms with Crippen LogP contribution in [0, 0.1) is 0 Å². The molecule has 10 aromatic rings. The topological polar surface area (TPSA) is 56.7 Å². The zero-order valence-corrected chi connectivity index (χ0v) is 26.9. The Morgan fingerprint density at radius 3 is 1.66 bits per heavy atom. The summed E-state index contributed by atoms with van der Waals surface area (Å²) in [5.74, 6) is 1.80. The van der Waals surface area contributed by atoms with Crippen LogP contribution in [0.15, 0.2) is 174 Å². The highest BCUT2D eigenvalue weighted by atomic mass is 16.3. The molecule has 10 rings (SSSR count). The third-order valence-electron chi connectivity index (χ3n) is 9.47. The summed E-state index contributed by atoms with van der Waals surface area (Å²) in [6.45, 7) is 0. The Labute approximate surface area is 287 Å². The molecule has 0 bridgehead atoms. The standard InChI is InChI=1S/C45H28N4O/c1-3-14-29(15-4-1)32-27-26-31(28-39(32)49-37-22-10-7-18-33(37)34-19-8-11-23-38(34)49)44-46-43(30-16-5-2-6-17-30)47-45(48-44)36-21-13-25-41-42(36)35-20-9-12-24-40(35)50-41/h1-28H. The van der Waals surface area contributed by atoms with Crippen LogP contribution in [0.1, 0.15) is 0 Å². The smallest absolute Gasteiger partial charge is 0.164 e. The van der Waals surface area contributed by atoms with E-state index in [1.807, 2.05) is 60.7 Å². The number of hydrogen-bond donors (Lipinski definition) is 0. The Bertz CT molecular complexity index is 2820. The Hall–Kier alpha value is -6.85. The van der Waals surface area contributed by atoms with E-state index in [0.717, 1.165) is 66.5 Å². The van der Waals surface area contributed by atoms with Crippen LogP contribution in [0.25, 0.3) is 94.7 Å². The molecule has 5 heteroatoms. The second-order valence-electron chi connectivity index (χ2n) is 12.4. The van der Waals surface area contributed by atoms with Gasteiger partial charge in [0.1, 0.15) is 11.2 Å². The van der Waals surface area contributed by atoms with Gasteiger partial charge in [0.05, 0.1) is 16.7 Å². The molecular weight excluding hydrogens is 613 g/mol. The van der Waals surface area contributed by atoms with E-state index in [2.05, 4.69) is 114 Å². The lowest BCUT2D eigenvalue weighted by Gasteiger charge is -2.16. The van der Waals surface area contributed by atoms with Crippen molar-refractivity contribution in [1.82, 2.24) is 19.5 Å². The first-order valence-corrected chi connectivity index (χ1v) is 16.7. The van der Waals surface area contributed by atoms with Gasteiger partial charge in [-0.1, -0.05) is 140 Å². The highest BCUT2D eigenvalue weighted by Gasteiger charge is 2.20. The van der Waals surface area contributed by atoms with Gasteiger partial charge in [0, 0.05) is 43.8 Å². The predicted molar refractivity (Wildman–Crippen MR) is 203 cm³/mol. The molecule has 234 valence electrons. The van der Waals surface area contributed by atoms with Crippen molar-refractivity contribution in [3.8, 4) is 51.0 Å². The molecule has 0 fully saturated rings. The number of hydrogen-bond acceptors (Lipinski definition) is 4. The van der Waals surface area contributed by atoms with Crippen LogP contribution >= 0.6 is 0 Å². The third kappa shape index (κ3) is 4.52. The molecule has 0 saturated heterocycles. The summed E-state index contributed by atoms with van der Waals surface area (Å²) in [4.78, 5) is 15.4. The number of benzene rings is 7. The Balaban J connectivity index is 1.26.